The van der Waals surface area contributed by atoms with Crippen LogP contribution in [-0.4, -0.2) is 57.1 Å². The minimum atomic E-state index is -3.93. The van der Waals surface area contributed by atoms with Crippen LogP contribution in [0.4, 0.5) is 5.82 Å². The number of rotatable bonds is 7. The zero-order chi connectivity index (χ0) is 25.6. The molecule has 36 heavy (non-hydrogen) atoms. The number of aromatic nitrogens is 5. The van der Waals surface area contributed by atoms with Crippen molar-refractivity contribution in [3.63, 3.8) is 0 Å². The van der Waals surface area contributed by atoms with Crippen molar-refractivity contribution in [3.8, 4) is 11.1 Å². The molecule has 11 nitrogen and oxygen atoms in total. The molecule has 0 unspecified atom stereocenters. The lowest BCUT2D eigenvalue weighted by molar-refractivity contribution is 0.0635. The molecule has 3 heterocycles. The minimum Gasteiger partial charge on any atom is -0.390 e. The van der Waals surface area contributed by atoms with E-state index in [9.17, 15) is 13.5 Å². The number of nitrogens with one attached hydrogen (secondary N) is 1. The van der Waals surface area contributed by atoms with Gasteiger partial charge in [0.25, 0.3) is 0 Å². The summed E-state index contributed by atoms with van der Waals surface area (Å²) >= 11 is 0. The average molecular weight is 512 g/mol. The molecule has 1 aliphatic rings. The first kappa shape index (κ1) is 24.4. The van der Waals surface area contributed by atoms with Gasteiger partial charge in [-0.1, -0.05) is 18.2 Å². The van der Waals surface area contributed by atoms with Crippen molar-refractivity contribution >= 4 is 27.2 Å². The molecule has 4 N–H and O–H groups in total. The van der Waals surface area contributed by atoms with Crippen LogP contribution in [0.15, 0.2) is 43.1 Å². The van der Waals surface area contributed by atoms with Crippen LogP contribution in [0.2, 0.25) is 0 Å². The fourth-order valence-corrected chi connectivity index (χ4v) is 5.41. The molecule has 0 amide bonds. The number of aryl methyl sites for hydroxylation is 2. The number of nitrogens with zero attached hydrogens (tertiary/aromatic N) is 5. The lowest BCUT2D eigenvalue weighted by atomic mass is 10.1. The van der Waals surface area contributed by atoms with Crippen LogP contribution in [0.3, 0.4) is 0 Å². The highest BCUT2D eigenvalue weighted by Gasteiger charge is 2.38. The number of nitrogens with two attached hydrogens (primary N) is 1. The van der Waals surface area contributed by atoms with Gasteiger partial charge in [0, 0.05) is 36.6 Å². The Bertz CT molecular complexity index is 1530. The van der Waals surface area contributed by atoms with Crippen molar-refractivity contribution in [1.82, 2.24) is 29.0 Å². The van der Waals surface area contributed by atoms with Crippen molar-refractivity contribution in [3.05, 3.63) is 59.8 Å². The highest BCUT2D eigenvalue weighted by molar-refractivity contribution is 7.84. The number of hydrogen-bond acceptors (Lipinski definition) is 8. The van der Waals surface area contributed by atoms with Gasteiger partial charge in [-0.3, -0.25) is 8.86 Å². The molecule has 1 aromatic carbocycles. The Labute approximate surface area is 209 Å². The SMILES string of the molecule is CNS(=O)(=O)O[C@@H]1C[C@H](n2cc(-c3cnn(Cc4ccc(C)c(C)c4)c3)c3c(N)ncnc32)C[C@@H]1O. The molecule has 1 saturated carbocycles. The highest BCUT2D eigenvalue weighted by atomic mass is 32.2. The Morgan fingerprint density at radius 1 is 1.19 bits per heavy atom. The van der Waals surface area contributed by atoms with Crippen molar-refractivity contribution in [2.24, 2.45) is 0 Å². The van der Waals surface area contributed by atoms with Crippen LogP contribution in [0.25, 0.3) is 22.2 Å². The van der Waals surface area contributed by atoms with Crippen LogP contribution in [0.1, 0.15) is 35.6 Å². The summed E-state index contributed by atoms with van der Waals surface area (Å²) in [4.78, 5) is 8.64. The van der Waals surface area contributed by atoms with E-state index in [2.05, 4.69) is 51.8 Å². The Kier molecular flexibility index (Phi) is 6.29. The molecule has 0 radical (unpaired) electrons. The van der Waals surface area contributed by atoms with E-state index in [1.165, 1.54) is 24.5 Å². The summed E-state index contributed by atoms with van der Waals surface area (Å²) in [5.74, 6) is 0.333. The first-order chi connectivity index (χ1) is 17.1. The molecule has 190 valence electrons. The third kappa shape index (κ3) is 4.60. The number of aliphatic hydroxyl groups is 1. The maximum Gasteiger partial charge on any atom is 0.335 e. The molecule has 12 heteroatoms. The summed E-state index contributed by atoms with van der Waals surface area (Å²) in [7, 11) is -2.67. The van der Waals surface area contributed by atoms with E-state index >= 15 is 0 Å². The van der Waals surface area contributed by atoms with E-state index in [0.29, 0.717) is 36.2 Å². The molecule has 1 aliphatic carbocycles. The molecule has 0 bridgehead atoms. The van der Waals surface area contributed by atoms with Crippen LogP contribution in [0.5, 0.6) is 0 Å². The number of benzene rings is 1. The molecule has 1 fully saturated rings. The maximum atomic E-state index is 11.9. The second kappa shape index (κ2) is 9.28. The molecule has 4 aromatic rings. The third-order valence-electron chi connectivity index (χ3n) is 6.84. The first-order valence-corrected chi connectivity index (χ1v) is 13.1. The van der Waals surface area contributed by atoms with Crippen LogP contribution in [0, 0.1) is 13.8 Å². The fraction of sp³-hybridized carbons (Fsp3) is 0.375. The largest absolute Gasteiger partial charge is 0.390 e. The van der Waals surface area contributed by atoms with Gasteiger partial charge < -0.3 is 15.4 Å². The summed E-state index contributed by atoms with van der Waals surface area (Å²) in [5, 5.41) is 15.7. The molecule has 0 saturated heterocycles. The second-order valence-corrected chi connectivity index (χ2v) is 10.7. The van der Waals surface area contributed by atoms with E-state index < -0.39 is 22.5 Å². The lowest BCUT2D eigenvalue weighted by Gasteiger charge is -2.14. The van der Waals surface area contributed by atoms with Gasteiger partial charge in [0.2, 0.25) is 0 Å². The monoisotopic (exact) mass is 511 g/mol. The first-order valence-electron chi connectivity index (χ1n) is 11.6. The van der Waals surface area contributed by atoms with E-state index in [4.69, 9.17) is 9.92 Å². The van der Waals surface area contributed by atoms with Crippen molar-refractivity contribution in [2.75, 3.05) is 12.8 Å². The van der Waals surface area contributed by atoms with Gasteiger partial charge in [-0.05, 0) is 43.4 Å². The summed E-state index contributed by atoms with van der Waals surface area (Å²) in [5.41, 5.74) is 12.2. The van der Waals surface area contributed by atoms with Crippen LogP contribution >= 0.6 is 0 Å². The average Bonchev–Trinajstić information content (AvgIpc) is 3.54. The molecular weight excluding hydrogens is 482 g/mol. The molecule has 5 rings (SSSR count). The summed E-state index contributed by atoms with van der Waals surface area (Å²) in [6, 6.07) is 6.12. The number of fused-ring (bicyclic) bond motifs is 1. The Hall–Kier alpha value is -3.32. The van der Waals surface area contributed by atoms with Crippen molar-refractivity contribution in [2.45, 2.75) is 51.5 Å². The Balaban J connectivity index is 1.47. The minimum absolute atomic E-state index is 0.242. The van der Waals surface area contributed by atoms with Crippen LogP contribution < -0.4 is 10.5 Å². The number of aliphatic hydroxyl groups excluding tert-OH is 1. The molecule has 3 aromatic heterocycles. The Morgan fingerprint density at radius 2 is 2.00 bits per heavy atom. The standard InChI is InChI=1S/C24H29N7O4S/c1-14-4-5-16(6-15(14)2)10-30-11-17(9-29-30)19-12-31(24-22(19)23(25)27-13-28-24)18-7-20(32)21(8-18)35-36(33,34)26-3/h4-6,9,11-13,18,20-21,26,32H,7-8,10H2,1-3H3,(H2,25,27,28)/t18-,20+,21-/m1/s1. The van der Waals surface area contributed by atoms with Gasteiger partial charge in [0.05, 0.1) is 24.2 Å². The van der Waals surface area contributed by atoms with E-state index in [1.807, 2.05) is 21.6 Å². The zero-order valence-electron chi connectivity index (χ0n) is 20.3. The molecule has 0 aliphatic heterocycles. The van der Waals surface area contributed by atoms with Gasteiger partial charge in [-0.2, -0.15) is 18.2 Å². The molecular formula is C24H29N7O4S. The van der Waals surface area contributed by atoms with Crippen molar-refractivity contribution in [1.29, 1.82) is 0 Å². The van der Waals surface area contributed by atoms with Crippen LogP contribution in [-0.2, 0) is 21.0 Å². The zero-order valence-corrected chi connectivity index (χ0v) is 21.1. The maximum absolute atomic E-state index is 11.9. The number of hydrogen-bond donors (Lipinski definition) is 3. The topological polar surface area (TPSA) is 150 Å². The summed E-state index contributed by atoms with van der Waals surface area (Å²) in [6.45, 7) is 4.80. The summed E-state index contributed by atoms with van der Waals surface area (Å²) in [6.07, 6.45) is 5.83. The predicted molar refractivity (Wildman–Crippen MR) is 135 cm³/mol. The van der Waals surface area contributed by atoms with Gasteiger partial charge in [0.1, 0.15) is 23.9 Å². The second-order valence-electron chi connectivity index (χ2n) is 9.24. The third-order valence-corrected chi connectivity index (χ3v) is 7.84. The van der Waals surface area contributed by atoms with Gasteiger partial charge >= 0.3 is 10.3 Å². The summed E-state index contributed by atoms with van der Waals surface area (Å²) < 4.78 is 34.8. The van der Waals surface area contributed by atoms with Crippen molar-refractivity contribution < 1.29 is 17.7 Å². The molecule has 0 spiro atoms. The smallest absolute Gasteiger partial charge is 0.335 e. The predicted octanol–water partition coefficient (Wildman–Crippen LogP) is 2.09. The van der Waals surface area contributed by atoms with E-state index in [1.54, 1.807) is 6.20 Å². The van der Waals surface area contributed by atoms with Gasteiger partial charge in [0.15, 0.2) is 0 Å². The quantitative estimate of drug-likeness (QED) is 0.341. The molecule has 3 atom stereocenters. The normalized spacial score (nSPS) is 20.4. The van der Waals surface area contributed by atoms with E-state index in [-0.39, 0.29) is 6.04 Å². The lowest BCUT2D eigenvalue weighted by Crippen LogP contribution is -2.31. The highest BCUT2D eigenvalue weighted by Crippen LogP contribution is 2.39. The number of anilines is 1. The fourth-order valence-electron chi connectivity index (χ4n) is 4.78. The van der Waals surface area contributed by atoms with E-state index in [0.717, 1.165) is 16.7 Å². The van der Waals surface area contributed by atoms with Gasteiger partial charge in [-0.15, -0.1) is 0 Å². The van der Waals surface area contributed by atoms with Gasteiger partial charge in [-0.25, -0.2) is 9.97 Å². The Morgan fingerprint density at radius 3 is 2.75 bits per heavy atom. The number of nitrogen functional groups attached to an aromatic ring is 1.